The zero-order chi connectivity index (χ0) is 13.0. The number of hydrogen-bond donors (Lipinski definition) is 2. The molecule has 1 aromatic heterocycles. The molecule has 0 radical (unpaired) electrons. The number of aryl methyl sites for hydroxylation is 1. The Hall–Kier alpha value is -1.39. The number of rotatable bonds is 4. The third-order valence-corrected chi connectivity index (χ3v) is 3.14. The van der Waals surface area contributed by atoms with E-state index in [2.05, 4.69) is 26.2 Å². The summed E-state index contributed by atoms with van der Waals surface area (Å²) in [5, 5.41) is 12.7. The molecule has 4 heteroatoms. The number of benzene rings is 1. The highest BCUT2D eigenvalue weighted by Gasteiger charge is 2.10. The summed E-state index contributed by atoms with van der Waals surface area (Å²) >= 11 is 3.43. The van der Waals surface area contributed by atoms with E-state index in [1.807, 2.05) is 49.4 Å². The van der Waals surface area contributed by atoms with Crippen molar-refractivity contribution in [1.82, 2.24) is 4.98 Å². The topological polar surface area (TPSA) is 45.1 Å². The Balaban J connectivity index is 2.19. The van der Waals surface area contributed by atoms with E-state index in [-0.39, 0.29) is 12.6 Å². The van der Waals surface area contributed by atoms with Crippen molar-refractivity contribution in [3.63, 3.8) is 0 Å². The van der Waals surface area contributed by atoms with E-state index in [1.165, 1.54) is 0 Å². The fourth-order valence-electron chi connectivity index (χ4n) is 1.76. The second-order valence-corrected chi connectivity index (χ2v) is 5.01. The first-order valence-corrected chi connectivity index (χ1v) is 6.55. The van der Waals surface area contributed by atoms with Crippen LogP contribution in [0.25, 0.3) is 0 Å². The normalized spacial score (nSPS) is 12.2. The Morgan fingerprint density at radius 1 is 1.28 bits per heavy atom. The molecule has 0 amide bonds. The van der Waals surface area contributed by atoms with Gasteiger partial charge in [-0.1, -0.05) is 34.1 Å². The standard InChI is InChI=1S/C14H15BrN2O/c1-10-4-2-7-14(16-10)17-13(9-18)11-5-3-6-12(15)8-11/h2-8,13,18H,9H2,1H3,(H,16,17)/t13-/m1/s1. The van der Waals surface area contributed by atoms with Gasteiger partial charge in [0, 0.05) is 10.2 Å². The molecule has 0 spiro atoms. The van der Waals surface area contributed by atoms with Crippen molar-refractivity contribution in [2.45, 2.75) is 13.0 Å². The molecule has 0 fully saturated rings. The minimum Gasteiger partial charge on any atom is -0.394 e. The molecule has 2 rings (SSSR count). The lowest BCUT2D eigenvalue weighted by Crippen LogP contribution is -2.15. The lowest BCUT2D eigenvalue weighted by molar-refractivity contribution is 0.276. The molecule has 2 N–H and O–H groups in total. The van der Waals surface area contributed by atoms with Gasteiger partial charge in [0.05, 0.1) is 12.6 Å². The number of pyridine rings is 1. The Labute approximate surface area is 115 Å². The maximum atomic E-state index is 9.50. The van der Waals surface area contributed by atoms with Gasteiger partial charge in [0.1, 0.15) is 5.82 Å². The molecule has 0 unspecified atom stereocenters. The maximum Gasteiger partial charge on any atom is 0.126 e. The minimum atomic E-state index is -0.156. The fraction of sp³-hybridized carbons (Fsp3) is 0.214. The van der Waals surface area contributed by atoms with Crippen molar-refractivity contribution in [3.8, 4) is 0 Å². The van der Waals surface area contributed by atoms with Crippen molar-refractivity contribution in [3.05, 3.63) is 58.2 Å². The molecule has 0 aliphatic heterocycles. The quantitative estimate of drug-likeness (QED) is 0.911. The summed E-state index contributed by atoms with van der Waals surface area (Å²) < 4.78 is 0.998. The molecule has 3 nitrogen and oxygen atoms in total. The van der Waals surface area contributed by atoms with Gasteiger partial charge in [0.2, 0.25) is 0 Å². The predicted molar refractivity (Wildman–Crippen MR) is 76.6 cm³/mol. The summed E-state index contributed by atoms with van der Waals surface area (Å²) in [7, 11) is 0. The first-order valence-electron chi connectivity index (χ1n) is 5.75. The molecule has 2 aromatic rings. The van der Waals surface area contributed by atoms with Crippen molar-refractivity contribution < 1.29 is 5.11 Å². The third kappa shape index (κ3) is 3.31. The van der Waals surface area contributed by atoms with Crippen molar-refractivity contribution in [1.29, 1.82) is 0 Å². The van der Waals surface area contributed by atoms with Crippen LogP contribution in [-0.4, -0.2) is 16.7 Å². The average molecular weight is 307 g/mol. The number of nitrogens with one attached hydrogen (secondary N) is 1. The SMILES string of the molecule is Cc1cccc(N[C@H](CO)c2cccc(Br)c2)n1. The van der Waals surface area contributed by atoms with Crippen LogP contribution in [0.1, 0.15) is 17.3 Å². The highest BCUT2D eigenvalue weighted by Crippen LogP contribution is 2.21. The Morgan fingerprint density at radius 2 is 2.06 bits per heavy atom. The monoisotopic (exact) mass is 306 g/mol. The highest BCUT2D eigenvalue weighted by atomic mass is 79.9. The summed E-state index contributed by atoms with van der Waals surface area (Å²) in [6, 6.07) is 13.5. The number of aromatic nitrogens is 1. The van der Waals surface area contributed by atoms with Gasteiger partial charge >= 0.3 is 0 Å². The molecule has 94 valence electrons. The fourth-order valence-corrected chi connectivity index (χ4v) is 2.18. The summed E-state index contributed by atoms with van der Waals surface area (Å²) in [4.78, 5) is 4.37. The highest BCUT2D eigenvalue weighted by molar-refractivity contribution is 9.10. The summed E-state index contributed by atoms with van der Waals surface area (Å²) in [5.41, 5.74) is 1.97. The molecule has 0 bridgehead atoms. The molecule has 1 heterocycles. The van der Waals surface area contributed by atoms with Crippen LogP contribution in [0.2, 0.25) is 0 Å². The van der Waals surface area contributed by atoms with Crippen LogP contribution in [0.5, 0.6) is 0 Å². The lowest BCUT2D eigenvalue weighted by Gasteiger charge is -2.17. The second-order valence-electron chi connectivity index (χ2n) is 4.10. The number of nitrogens with zero attached hydrogens (tertiary/aromatic N) is 1. The third-order valence-electron chi connectivity index (χ3n) is 2.64. The molecule has 1 aromatic carbocycles. The van der Waals surface area contributed by atoms with Gasteiger partial charge in [-0.25, -0.2) is 4.98 Å². The van der Waals surface area contributed by atoms with E-state index in [1.54, 1.807) is 0 Å². The largest absolute Gasteiger partial charge is 0.394 e. The van der Waals surface area contributed by atoms with Crippen LogP contribution in [0.15, 0.2) is 46.9 Å². The first kappa shape index (κ1) is 13.1. The van der Waals surface area contributed by atoms with Gasteiger partial charge in [-0.05, 0) is 36.8 Å². The van der Waals surface area contributed by atoms with Gasteiger partial charge in [-0.3, -0.25) is 0 Å². The van der Waals surface area contributed by atoms with E-state index in [9.17, 15) is 5.11 Å². The van der Waals surface area contributed by atoms with E-state index in [4.69, 9.17) is 0 Å². The van der Waals surface area contributed by atoms with Crippen molar-refractivity contribution >= 4 is 21.7 Å². The summed E-state index contributed by atoms with van der Waals surface area (Å²) in [6.07, 6.45) is 0. The molecule has 1 atom stereocenters. The molecular formula is C14H15BrN2O. The molecule has 0 saturated carbocycles. The van der Waals surface area contributed by atoms with Crippen molar-refractivity contribution in [2.24, 2.45) is 0 Å². The van der Waals surface area contributed by atoms with Crippen LogP contribution in [-0.2, 0) is 0 Å². The Bertz CT molecular complexity index is 531. The van der Waals surface area contributed by atoms with E-state index in [0.29, 0.717) is 0 Å². The number of halogens is 1. The molecule has 0 saturated heterocycles. The second kappa shape index (κ2) is 5.98. The number of hydrogen-bond acceptors (Lipinski definition) is 3. The zero-order valence-electron chi connectivity index (χ0n) is 10.1. The van der Waals surface area contributed by atoms with Crippen LogP contribution in [0.4, 0.5) is 5.82 Å². The van der Waals surface area contributed by atoms with Gasteiger partial charge in [0.15, 0.2) is 0 Å². The van der Waals surface area contributed by atoms with Crippen LogP contribution in [0.3, 0.4) is 0 Å². The maximum absolute atomic E-state index is 9.50. The van der Waals surface area contributed by atoms with Crippen LogP contribution >= 0.6 is 15.9 Å². The zero-order valence-corrected chi connectivity index (χ0v) is 11.7. The Kier molecular flexibility index (Phi) is 4.33. The first-order chi connectivity index (χ1) is 8.69. The molecule has 18 heavy (non-hydrogen) atoms. The van der Waals surface area contributed by atoms with Gasteiger partial charge in [0.25, 0.3) is 0 Å². The van der Waals surface area contributed by atoms with E-state index in [0.717, 1.165) is 21.5 Å². The van der Waals surface area contributed by atoms with Gasteiger partial charge < -0.3 is 10.4 Å². The lowest BCUT2D eigenvalue weighted by atomic mass is 10.1. The van der Waals surface area contributed by atoms with E-state index < -0.39 is 0 Å². The number of anilines is 1. The summed E-state index contributed by atoms with van der Waals surface area (Å²) in [5.74, 6) is 0.772. The van der Waals surface area contributed by atoms with Gasteiger partial charge in [-0.2, -0.15) is 0 Å². The minimum absolute atomic E-state index is 0.0199. The number of aliphatic hydroxyl groups excluding tert-OH is 1. The average Bonchev–Trinajstić information content (AvgIpc) is 2.36. The molecule has 0 aliphatic carbocycles. The van der Waals surface area contributed by atoms with E-state index >= 15 is 0 Å². The predicted octanol–water partition coefficient (Wildman–Crippen LogP) is 3.30. The van der Waals surface area contributed by atoms with Crippen LogP contribution in [0, 0.1) is 6.92 Å². The smallest absolute Gasteiger partial charge is 0.126 e. The Morgan fingerprint density at radius 3 is 2.72 bits per heavy atom. The van der Waals surface area contributed by atoms with Gasteiger partial charge in [-0.15, -0.1) is 0 Å². The van der Waals surface area contributed by atoms with Crippen molar-refractivity contribution in [2.75, 3.05) is 11.9 Å². The number of aliphatic hydroxyl groups is 1. The summed E-state index contributed by atoms with van der Waals surface area (Å²) in [6.45, 7) is 1.96. The molecule has 0 aliphatic rings. The molecular weight excluding hydrogens is 292 g/mol. The van der Waals surface area contributed by atoms with Crippen LogP contribution < -0.4 is 5.32 Å².